The van der Waals surface area contributed by atoms with E-state index in [2.05, 4.69) is 19.6 Å². The van der Waals surface area contributed by atoms with E-state index < -0.39 is 22.1 Å². The highest BCUT2D eigenvalue weighted by atomic mass is 32.2. The Balaban J connectivity index is 1.40. The van der Waals surface area contributed by atoms with Gasteiger partial charge in [-0.25, -0.2) is 13.4 Å². The third kappa shape index (κ3) is 5.01. The fraction of sp³-hybridized carbons (Fsp3) is 0.474. The largest absolute Gasteiger partial charge is 0.573 e. The van der Waals surface area contributed by atoms with E-state index in [9.17, 15) is 21.6 Å². The molecule has 2 aromatic rings. The summed E-state index contributed by atoms with van der Waals surface area (Å²) in [5, 5.41) is 0. The van der Waals surface area contributed by atoms with E-state index >= 15 is 0 Å². The van der Waals surface area contributed by atoms with Crippen LogP contribution in [0.5, 0.6) is 5.75 Å². The highest BCUT2D eigenvalue weighted by molar-refractivity contribution is 7.89. The Labute approximate surface area is 178 Å². The van der Waals surface area contributed by atoms with Crippen LogP contribution in [0.1, 0.15) is 12.8 Å². The van der Waals surface area contributed by atoms with E-state index in [0.717, 1.165) is 56.0 Å². The zero-order chi connectivity index (χ0) is 22.1. The first-order chi connectivity index (χ1) is 14.7. The molecule has 12 heteroatoms. The Hall–Kier alpha value is -2.60. The molecule has 0 N–H and O–H groups in total. The molecule has 0 saturated carbocycles. The number of sulfonamides is 1. The summed E-state index contributed by atoms with van der Waals surface area (Å²) in [6.45, 7) is 3.25. The van der Waals surface area contributed by atoms with Crippen LogP contribution in [0.25, 0.3) is 0 Å². The van der Waals surface area contributed by atoms with Gasteiger partial charge in [0.2, 0.25) is 16.0 Å². The Morgan fingerprint density at radius 2 is 1.52 bits per heavy atom. The normalized spacial score (nSPS) is 18.4. The number of halogens is 3. The van der Waals surface area contributed by atoms with Crippen molar-refractivity contribution in [3.05, 3.63) is 36.5 Å². The summed E-state index contributed by atoms with van der Waals surface area (Å²) >= 11 is 0. The number of anilines is 2. The van der Waals surface area contributed by atoms with Gasteiger partial charge in [-0.1, -0.05) is 0 Å². The molecule has 0 atom stereocenters. The molecule has 2 saturated heterocycles. The van der Waals surface area contributed by atoms with Crippen molar-refractivity contribution in [1.82, 2.24) is 14.3 Å². The molecule has 31 heavy (non-hydrogen) atoms. The van der Waals surface area contributed by atoms with Crippen LogP contribution in [0, 0.1) is 0 Å². The molecule has 1 aromatic carbocycles. The first-order valence-electron chi connectivity index (χ1n) is 9.91. The molecule has 2 fully saturated rings. The second-order valence-electron chi connectivity index (χ2n) is 7.32. The lowest BCUT2D eigenvalue weighted by Crippen LogP contribution is -2.49. The third-order valence-corrected chi connectivity index (χ3v) is 7.19. The molecule has 4 rings (SSSR count). The number of hydrogen-bond donors (Lipinski definition) is 0. The van der Waals surface area contributed by atoms with Gasteiger partial charge in [0.25, 0.3) is 0 Å². The highest BCUT2D eigenvalue weighted by Crippen LogP contribution is 2.26. The summed E-state index contributed by atoms with van der Waals surface area (Å²) in [4.78, 5) is 13.0. The van der Waals surface area contributed by atoms with Crippen molar-refractivity contribution < 1.29 is 26.3 Å². The van der Waals surface area contributed by atoms with Crippen LogP contribution in [-0.4, -0.2) is 68.3 Å². The number of aromatic nitrogens is 2. The Bertz CT molecular complexity index is 1000. The van der Waals surface area contributed by atoms with Gasteiger partial charge in [0, 0.05) is 45.5 Å². The van der Waals surface area contributed by atoms with Crippen LogP contribution in [0.3, 0.4) is 0 Å². The number of nitrogens with zero attached hydrogens (tertiary/aromatic N) is 5. The Morgan fingerprint density at radius 1 is 0.871 bits per heavy atom. The summed E-state index contributed by atoms with van der Waals surface area (Å²) in [5.74, 6) is 0.975. The summed E-state index contributed by atoms with van der Waals surface area (Å²) in [6.07, 6.45) is -0.878. The second-order valence-corrected chi connectivity index (χ2v) is 9.26. The predicted molar refractivity (Wildman–Crippen MR) is 108 cm³/mol. The Kier molecular flexibility index (Phi) is 5.93. The molecule has 3 heterocycles. The quantitative estimate of drug-likeness (QED) is 0.683. The molecule has 1 aromatic heterocycles. The summed E-state index contributed by atoms with van der Waals surface area (Å²) in [7, 11) is -3.82. The van der Waals surface area contributed by atoms with Gasteiger partial charge in [0.05, 0.1) is 4.90 Å². The molecular weight excluding hydrogens is 435 g/mol. The number of alkyl halides is 3. The maximum Gasteiger partial charge on any atom is 0.573 e. The highest BCUT2D eigenvalue weighted by Gasteiger charge is 2.32. The van der Waals surface area contributed by atoms with Crippen molar-refractivity contribution >= 4 is 21.8 Å². The van der Waals surface area contributed by atoms with Gasteiger partial charge in [-0.2, -0.15) is 9.29 Å². The first kappa shape index (κ1) is 21.6. The van der Waals surface area contributed by atoms with Crippen molar-refractivity contribution in [1.29, 1.82) is 0 Å². The monoisotopic (exact) mass is 457 g/mol. The van der Waals surface area contributed by atoms with Crippen LogP contribution < -0.4 is 14.5 Å². The van der Waals surface area contributed by atoms with Crippen molar-refractivity contribution in [3.63, 3.8) is 0 Å². The topological polar surface area (TPSA) is 78.9 Å². The third-order valence-electron chi connectivity index (χ3n) is 5.27. The van der Waals surface area contributed by atoms with E-state index in [1.807, 2.05) is 11.0 Å². The second kappa shape index (κ2) is 8.50. The SMILES string of the molecule is O=S(=O)(c1ccc(OC(F)(F)F)cc1)N1CCN(c2ccnc(N3CCCC3)n2)CC1. The molecule has 0 unspecified atom stereocenters. The average Bonchev–Trinajstić information content (AvgIpc) is 3.28. The average molecular weight is 457 g/mol. The lowest BCUT2D eigenvalue weighted by Gasteiger charge is -2.34. The fourth-order valence-corrected chi connectivity index (χ4v) is 5.13. The molecule has 168 valence electrons. The van der Waals surface area contributed by atoms with Crippen molar-refractivity contribution in [3.8, 4) is 5.75 Å². The lowest BCUT2D eigenvalue weighted by molar-refractivity contribution is -0.274. The van der Waals surface area contributed by atoms with E-state index in [4.69, 9.17) is 0 Å². The molecular formula is C19H22F3N5O3S. The fourth-order valence-electron chi connectivity index (χ4n) is 3.70. The number of hydrogen-bond acceptors (Lipinski definition) is 7. The van der Waals surface area contributed by atoms with E-state index in [1.54, 1.807) is 6.20 Å². The number of benzene rings is 1. The van der Waals surface area contributed by atoms with Crippen LogP contribution in [0.2, 0.25) is 0 Å². The van der Waals surface area contributed by atoms with Crippen LogP contribution in [-0.2, 0) is 10.0 Å². The zero-order valence-electron chi connectivity index (χ0n) is 16.6. The Morgan fingerprint density at radius 3 is 2.13 bits per heavy atom. The number of ether oxygens (including phenoxy) is 1. The van der Waals surface area contributed by atoms with E-state index in [-0.39, 0.29) is 18.0 Å². The predicted octanol–water partition coefficient (Wildman–Crippen LogP) is 2.49. The molecule has 0 amide bonds. The van der Waals surface area contributed by atoms with Crippen LogP contribution >= 0.6 is 0 Å². The lowest BCUT2D eigenvalue weighted by atomic mass is 10.3. The summed E-state index contributed by atoms with van der Waals surface area (Å²) in [6, 6.07) is 6.04. The molecule has 0 spiro atoms. The molecule has 2 aliphatic rings. The minimum absolute atomic E-state index is 0.0752. The maximum atomic E-state index is 12.9. The van der Waals surface area contributed by atoms with Crippen LogP contribution in [0.15, 0.2) is 41.4 Å². The summed E-state index contributed by atoms with van der Waals surface area (Å²) in [5.41, 5.74) is 0. The minimum atomic E-state index is -4.83. The van der Waals surface area contributed by atoms with Gasteiger partial charge in [0.1, 0.15) is 11.6 Å². The first-order valence-corrected chi connectivity index (χ1v) is 11.4. The molecule has 0 radical (unpaired) electrons. The number of piperazine rings is 1. The zero-order valence-corrected chi connectivity index (χ0v) is 17.4. The molecule has 0 bridgehead atoms. The van der Waals surface area contributed by atoms with Gasteiger partial charge >= 0.3 is 6.36 Å². The van der Waals surface area contributed by atoms with E-state index in [1.165, 1.54) is 4.31 Å². The van der Waals surface area contributed by atoms with Crippen molar-refractivity contribution in [2.45, 2.75) is 24.1 Å². The van der Waals surface area contributed by atoms with E-state index in [0.29, 0.717) is 19.0 Å². The molecule has 0 aliphatic carbocycles. The standard InChI is InChI=1S/C19H22F3N5O3S/c20-19(21,22)30-15-3-5-16(6-4-15)31(28,29)27-13-11-25(12-14-27)17-7-8-23-18(24-17)26-9-1-2-10-26/h3-8H,1-2,9-14H2. The van der Waals surface area contributed by atoms with Gasteiger partial charge in [0.15, 0.2) is 0 Å². The molecule has 8 nitrogen and oxygen atoms in total. The smallest absolute Gasteiger partial charge is 0.406 e. The van der Waals surface area contributed by atoms with Gasteiger partial charge in [-0.15, -0.1) is 13.2 Å². The number of rotatable bonds is 5. The maximum absolute atomic E-state index is 12.9. The molecule has 2 aliphatic heterocycles. The van der Waals surface area contributed by atoms with Crippen molar-refractivity contribution in [2.75, 3.05) is 49.1 Å². The van der Waals surface area contributed by atoms with Crippen molar-refractivity contribution in [2.24, 2.45) is 0 Å². The minimum Gasteiger partial charge on any atom is -0.406 e. The van der Waals surface area contributed by atoms with Crippen LogP contribution in [0.4, 0.5) is 24.9 Å². The summed E-state index contributed by atoms with van der Waals surface area (Å²) < 4.78 is 67.7. The van der Waals surface area contributed by atoms with Gasteiger partial charge < -0.3 is 14.5 Å². The van der Waals surface area contributed by atoms with Gasteiger partial charge in [-0.05, 0) is 43.2 Å². The van der Waals surface area contributed by atoms with Gasteiger partial charge in [-0.3, -0.25) is 0 Å².